The summed E-state index contributed by atoms with van der Waals surface area (Å²) < 4.78 is 23.1. The van der Waals surface area contributed by atoms with Gasteiger partial charge >= 0.3 is 0 Å². The Balaban J connectivity index is 1.55. The monoisotopic (exact) mass is 496 g/mol. The van der Waals surface area contributed by atoms with Crippen LogP contribution < -0.4 is 0 Å². The molecular weight excluding hydrogens is 468 g/mol. The van der Waals surface area contributed by atoms with Crippen molar-refractivity contribution in [3.05, 3.63) is 71.8 Å². The number of hydrogen-bond acceptors (Lipinski definition) is 7. The zero-order chi connectivity index (χ0) is 22.1. The topological polar surface area (TPSA) is 97.6 Å². The Hall–Kier alpha value is -1.36. The van der Waals surface area contributed by atoms with Crippen LogP contribution in [0.25, 0.3) is 0 Å². The highest BCUT2D eigenvalue weighted by Gasteiger charge is 2.44. The van der Waals surface area contributed by atoms with Crippen LogP contribution in [0.15, 0.2) is 60.7 Å². The van der Waals surface area contributed by atoms with Crippen molar-refractivity contribution in [3.8, 4) is 0 Å². The molecule has 8 heteroatoms. The summed E-state index contributed by atoms with van der Waals surface area (Å²) in [4.78, 5) is 0. The van der Waals surface area contributed by atoms with E-state index in [0.717, 1.165) is 11.1 Å². The zero-order valence-corrected chi connectivity index (χ0v) is 18.7. The van der Waals surface area contributed by atoms with Crippen molar-refractivity contribution in [2.75, 3.05) is 18.5 Å². The van der Waals surface area contributed by atoms with Crippen LogP contribution in [0.3, 0.4) is 0 Å². The molecule has 1 heterocycles. The van der Waals surface area contributed by atoms with Crippen molar-refractivity contribution >= 4 is 15.9 Å². The fourth-order valence-corrected chi connectivity index (χ4v) is 3.73. The third-order valence-corrected chi connectivity index (χ3v) is 5.65. The van der Waals surface area contributed by atoms with E-state index < -0.39 is 36.8 Å². The number of aliphatic hydroxyl groups is 3. The molecule has 6 atom stereocenters. The van der Waals surface area contributed by atoms with Gasteiger partial charge in [-0.1, -0.05) is 76.6 Å². The smallest absolute Gasteiger partial charge is 0.186 e. The maximum absolute atomic E-state index is 10.2. The number of alkyl halides is 1. The molecule has 5 unspecified atom stereocenters. The lowest BCUT2D eigenvalue weighted by molar-refractivity contribution is -0.297. The van der Waals surface area contributed by atoms with Crippen LogP contribution in [-0.4, -0.2) is 70.7 Å². The molecule has 1 aliphatic rings. The van der Waals surface area contributed by atoms with Crippen LogP contribution in [0.4, 0.5) is 0 Å². The summed E-state index contributed by atoms with van der Waals surface area (Å²) >= 11 is 3.24. The highest BCUT2D eigenvalue weighted by Crippen LogP contribution is 2.23. The van der Waals surface area contributed by atoms with Gasteiger partial charge in [0.15, 0.2) is 6.29 Å². The Kier molecular flexibility index (Phi) is 9.89. The van der Waals surface area contributed by atoms with E-state index in [1.165, 1.54) is 0 Å². The highest BCUT2D eigenvalue weighted by molar-refractivity contribution is 9.09. The van der Waals surface area contributed by atoms with Crippen LogP contribution in [0.2, 0.25) is 0 Å². The minimum absolute atomic E-state index is 0.0845. The number of hydrogen-bond donors (Lipinski definition) is 3. The standard InChI is InChI=1S/C23H29BrO7/c24-11-19-20(25)21(26)22(27)23(31-19)30-15-18(29-13-17-9-5-2-6-10-17)14-28-12-16-7-3-1-4-8-16/h1-10,18-23,25-27H,11-15H2/t18-,19?,20?,21?,22?,23?/m0/s1. The predicted octanol–water partition coefficient (Wildman–Crippen LogP) is 2.01. The van der Waals surface area contributed by atoms with E-state index in [2.05, 4.69) is 15.9 Å². The van der Waals surface area contributed by atoms with Crippen molar-refractivity contribution in [3.63, 3.8) is 0 Å². The minimum Gasteiger partial charge on any atom is -0.388 e. The number of aliphatic hydroxyl groups excluding tert-OH is 3. The Morgan fingerprint density at radius 3 is 2.03 bits per heavy atom. The lowest BCUT2D eigenvalue weighted by Crippen LogP contribution is -2.59. The average Bonchev–Trinajstić information content (AvgIpc) is 2.81. The Morgan fingerprint density at radius 1 is 0.806 bits per heavy atom. The Morgan fingerprint density at radius 2 is 1.42 bits per heavy atom. The van der Waals surface area contributed by atoms with Crippen LogP contribution in [0.5, 0.6) is 0 Å². The molecule has 170 valence electrons. The van der Waals surface area contributed by atoms with E-state index in [0.29, 0.717) is 18.5 Å². The molecule has 3 rings (SSSR count). The first-order valence-electron chi connectivity index (χ1n) is 10.2. The second-order valence-electron chi connectivity index (χ2n) is 7.42. The van der Waals surface area contributed by atoms with Crippen molar-refractivity contribution in [2.45, 2.75) is 50.0 Å². The molecule has 1 aliphatic heterocycles. The number of benzene rings is 2. The normalized spacial score (nSPS) is 27.2. The molecule has 1 saturated heterocycles. The summed E-state index contributed by atoms with van der Waals surface area (Å²) in [6.07, 6.45) is -6.14. The molecule has 0 amide bonds. The van der Waals surface area contributed by atoms with E-state index in [1.54, 1.807) is 0 Å². The molecule has 0 saturated carbocycles. The van der Waals surface area contributed by atoms with Crippen molar-refractivity contribution < 1.29 is 34.3 Å². The lowest BCUT2D eigenvalue weighted by Gasteiger charge is -2.40. The third kappa shape index (κ3) is 7.34. The van der Waals surface area contributed by atoms with Gasteiger partial charge in [0.2, 0.25) is 0 Å². The van der Waals surface area contributed by atoms with Crippen molar-refractivity contribution in [1.29, 1.82) is 0 Å². The summed E-state index contributed by atoms with van der Waals surface area (Å²) in [5.41, 5.74) is 2.07. The largest absolute Gasteiger partial charge is 0.388 e. The van der Waals surface area contributed by atoms with Gasteiger partial charge < -0.3 is 34.3 Å². The minimum atomic E-state index is -1.37. The van der Waals surface area contributed by atoms with E-state index in [-0.39, 0.29) is 13.2 Å². The third-order valence-electron chi connectivity index (χ3n) is 5.01. The SMILES string of the molecule is OC1C(CBr)OC(OC[C@H](COCc2ccccc2)OCc2ccccc2)C(O)C1O. The molecule has 0 spiro atoms. The van der Waals surface area contributed by atoms with E-state index >= 15 is 0 Å². The van der Waals surface area contributed by atoms with E-state index in [9.17, 15) is 15.3 Å². The van der Waals surface area contributed by atoms with Gasteiger partial charge in [-0.2, -0.15) is 0 Å². The summed E-state index contributed by atoms with van der Waals surface area (Å²) in [5.74, 6) is 0. The van der Waals surface area contributed by atoms with Gasteiger partial charge in [-0.25, -0.2) is 0 Å². The number of ether oxygens (including phenoxy) is 4. The molecule has 0 aliphatic carbocycles. The number of halogens is 1. The maximum Gasteiger partial charge on any atom is 0.186 e. The van der Waals surface area contributed by atoms with Gasteiger partial charge in [0.05, 0.1) is 32.5 Å². The van der Waals surface area contributed by atoms with Crippen LogP contribution in [-0.2, 0) is 32.2 Å². The van der Waals surface area contributed by atoms with Gasteiger partial charge in [-0.15, -0.1) is 0 Å². The first-order valence-corrected chi connectivity index (χ1v) is 11.3. The van der Waals surface area contributed by atoms with Gasteiger partial charge in [0.1, 0.15) is 24.4 Å². The molecule has 2 aromatic carbocycles. The van der Waals surface area contributed by atoms with Crippen molar-refractivity contribution in [2.24, 2.45) is 0 Å². The number of rotatable bonds is 11. The molecule has 2 aromatic rings. The van der Waals surface area contributed by atoms with Gasteiger partial charge in [-0.05, 0) is 11.1 Å². The van der Waals surface area contributed by atoms with E-state index in [1.807, 2.05) is 60.7 Å². The van der Waals surface area contributed by atoms with E-state index in [4.69, 9.17) is 18.9 Å². The summed E-state index contributed by atoms with van der Waals surface area (Å²) in [7, 11) is 0. The van der Waals surface area contributed by atoms with Crippen LogP contribution in [0.1, 0.15) is 11.1 Å². The first kappa shape index (κ1) is 24.3. The van der Waals surface area contributed by atoms with Crippen LogP contribution >= 0.6 is 15.9 Å². The van der Waals surface area contributed by atoms with Gasteiger partial charge in [0, 0.05) is 5.33 Å². The molecule has 0 bridgehead atoms. The maximum atomic E-state index is 10.2. The summed E-state index contributed by atoms with van der Waals surface area (Å²) in [5, 5.41) is 30.6. The summed E-state index contributed by atoms with van der Waals surface area (Å²) in [6, 6.07) is 19.6. The zero-order valence-electron chi connectivity index (χ0n) is 17.1. The van der Waals surface area contributed by atoms with Gasteiger partial charge in [0.25, 0.3) is 0 Å². The molecule has 31 heavy (non-hydrogen) atoms. The molecule has 0 radical (unpaired) electrons. The second kappa shape index (κ2) is 12.6. The molecule has 7 nitrogen and oxygen atoms in total. The Bertz CT molecular complexity index is 746. The quantitative estimate of drug-likeness (QED) is 0.409. The predicted molar refractivity (Wildman–Crippen MR) is 118 cm³/mol. The summed E-state index contributed by atoms with van der Waals surface area (Å²) in [6.45, 7) is 1.17. The average molecular weight is 497 g/mol. The first-order chi connectivity index (χ1) is 15.1. The van der Waals surface area contributed by atoms with Crippen LogP contribution in [0, 0.1) is 0 Å². The van der Waals surface area contributed by atoms with Gasteiger partial charge in [-0.3, -0.25) is 0 Å². The molecule has 3 N–H and O–H groups in total. The fraction of sp³-hybridized carbons (Fsp3) is 0.478. The second-order valence-corrected chi connectivity index (χ2v) is 8.07. The molecule has 1 fully saturated rings. The lowest BCUT2D eigenvalue weighted by atomic mass is 10.00. The molecule has 0 aromatic heterocycles. The van der Waals surface area contributed by atoms with Crippen molar-refractivity contribution in [1.82, 2.24) is 0 Å². The highest BCUT2D eigenvalue weighted by atomic mass is 79.9. The molecular formula is C23H29BrO7. The Labute approximate surface area is 190 Å². The fourth-order valence-electron chi connectivity index (χ4n) is 3.20.